The zero-order chi connectivity index (χ0) is 11.5. The minimum Gasteiger partial charge on any atom is -0.313 e. The molecular weight excluding hydrogens is 224 g/mol. The smallest absolute Gasteiger partial charge is 0.165 e. The summed E-state index contributed by atoms with van der Waals surface area (Å²) < 4.78 is 1.77. The first-order chi connectivity index (χ1) is 7.70. The van der Waals surface area contributed by atoms with Gasteiger partial charge in [0.15, 0.2) is 11.6 Å². The summed E-state index contributed by atoms with van der Waals surface area (Å²) in [6.07, 6.45) is 0. The Bertz CT molecular complexity index is 475. The molecule has 0 unspecified atom stereocenters. The molecule has 2 aromatic rings. The van der Waals surface area contributed by atoms with Gasteiger partial charge in [-0.1, -0.05) is 11.6 Å². The molecule has 0 atom stereocenters. The van der Waals surface area contributed by atoms with Crippen LogP contribution < -0.4 is 5.32 Å². The molecule has 4 nitrogen and oxygen atoms in total. The molecule has 0 fully saturated rings. The second kappa shape index (κ2) is 4.63. The van der Waals surface area contributed by atoms with E-state index in [9.17, 15) is 0 Å². The van der Waals surface area contributed by atoms with E-state index >= 15 is 0 Å². The number of aryl methyl sites for hydroxylation is 1. The number of halogens is 1. The van der Waals surface area contributed by atoms with Crippen molar-refractivity contribution in [2.75, 3.05) is 7.05 Å². The molecule has 0 saturated heterocycles. The molecule has 0 aliphatic carbocycles. The Kier molecular flexibility index (Phi) is 3.22. The van der Waals surface area contributed by atoms with Crippen LogP contribution in [0.4, 0.5) is 0 Å². The summed E-state index contributed by atoms with van der Waals surface area (Å²) in [5.74, 6) is 1.64. The molecule has 1 heterocycles. The quantitative estimate of drug-likeness (QED) is 0.885. The van der Waals surface area contributed by atoms with Crippen LogP contribution >= 0.6 is 11.6 Å². The lowest BCUT2D eigenvalue weighted by Crippen LogP contribution is -2.06. The average Bonchev–Trinajstić information content (AvgIpc) is 2.61. The maximum atomic E-state index is 5.84. The summed E-state index contributed by atoms with van der Waals surface area (Å²) >= 11 is 5.84. The maximum absolute atomic E-state index is 5.84. The molecule has 0 bridgehead atoms. The lowest BCUT2D eigenvalue weighted by Gasteiger charge is -1.99. The third-order valence-corrected chi connectivity index (χ3v) is 2.50. The first kappa shape index (κ1) is 11.1. The van der Waals surface area contributed by atoms with Gasteiger partial charge in [-0.05, 0) is 31.3 Å². The van der Waals surface area contributed by atoms with Crippen LogP contribution in [0.15, 0.2) is 24.3 Å². The van der Waals surface area contributed by atoms with Crippen LogP contribution in [-0.4, -0.2) is 21.8 Å². The van der Waals surface area contributed by atoms with Crippen molar-refractivity contribution < 1.29 is 0 Å². The molecule has 0 aliphatic rings. The van der Waals surface area contributed by atoms with Crippen LogP contribution in [0, 0.1) is 0 Å². The SMILES string of the molecule is CNCc1nc(-c2ccc(Cl)cc2)n(C)n1. The molecule has 0 spiro atoms. The third kappa shape index (κ3) is 2.23. The molecule has 5 heteroatoms. The van der Waals surface area contributed by atoms with E-state index in [1.807, 2.05) is 38.4 Å². The minimum absolute atomic E-state index is 0.668. The molecule has 0 saturated carbocycles. The van der Waals surface area contributed by atoms with Gasteiger partial charge >= 0.3 is 0 Å². The number of nitrogens with zero attached hydrogens (tertiary/aromatic N) is 3. The predicted molar refractivity (Wildman–Crippen MR) is 64.2 cm³/mol. The Hall–Kier alpha value is -1.39. The van der Waals surface area contributed by atoms with Gasteiger partial charge in [-0.15, -0.1) is 0 Å². The fourth-order valence-electron chi connectivity index (χ4n) is 1.52. The highest BCUT2D eigenvalue weighted by atomic mass is 35.5. The predicted octanol–water partition coefficient (Wildman–Crippen LogP) is 1.85. The summed E-state index contributed by atoms with van der Waals surface area (Å²) in [5.41, 5.74) is 1.02. The summed E-state index contributed by atoms with van der Waals surface area (Å²) in [5, 5.41) is 8.06. The average molecular weight is 237 g/mol. The van der Waals surface area contributed by atoms with Crippen molar-refractivity contribution in [2.45, 2.75) is 6.54 Å². The van der Waals surface area contributed by atoms with Crippen LogP contribution in [0.5, 0.6) is 0 Å². The fraction of sp³-hybridized carbons (Fsp3) is 0.273. The van der Waals surface area contributed by atoms with Gasteiger partial charge in [-0.25, -0.2) is 9.67 Å². The van der Waals surface area contributed by atoms with Crippen molar-refractivity contribution in [2.24, 2.45) is 7.05 Å². The van der Waals surface area contributed by atoms with Crippen LogP contribution in [0.1, 0.15) is 5.82 Å². The van der Waals surface area contributed by atoms with Gasteiger partial charge in [0.25, 0.3) is 0 Å². The largest absolute Gasteiger partial charge is 0.313 e. The van der Waals surface area contributed by atoms with Crippen molar-refractivity contribution in [3.05, 3.63) is 35.1 Å². The van der Waals surface area contributed by atoms with E-state index in [0.717, 1.165) is 22.2 Å². The normalized spacial score (nSPS) is 10.7. The Morgan fingerprint density at radius 1 is 1.31 bits per heavy atom. The first-order valence-corrected chi connectivity index (χ1v) is 5.39. The Labute approximate surface area is 99.3 Å². The highest BCUT2D eigenvalue weighted by Gasteiger charge is 2.08. The van der Waals surface area contributed by atoms with Gasteiger partial charge in [-0.2, -0.15) is 5.10 Å². The van der Waals surface area contributed by atoms with Gasteiger partial charge < -0.3 is 5.32 Å². The number of aromatic nitrogens is 3. The molecule has 16 heavy (non-hydrogen) atoms. The maximum Gasteiger partial charge on any atom is 0.165 e. The van der Waals surface area contributed by atoms with Crippen molar-refractivity contribution >= 4 is 11.6 Å². The topological polar surface area (TPSA) is 42.7 Å². The highest BCUT2D eigenvalue weighted by Crippen LogP contribution is 2.19. The molecule has 1 aromatic heterocycles. The van der Waals surface area contributed by atoms with E-state index in [2.05, 4.69) is 15.4 Å². The van der Waals surface area contributed by atoms with Gasteiger partial charge in [0.05, 0.1) is 6.54 Å². The van der Waals surface area contributed by atoms with Gasteiger partial charge in [0.1, 0.15) is 0 Å². The number of rotatable bonds is 3. The van der Waals surface area contributed by atoms with Crippen molar-refractivity contribution in [1.82, 2.24) is 20.1 Å². The lowest BCUT2D eigenvalue weighted by molar-refractivity contribution is 0.711. The Morgan fingerprint density at radius 3 is 2.62 bits per heavy atom. The summed E-state index contributed by atoms with van der Waals surface area (Å²) in [6, 6.07) is 7.58. The van der Waals surface area contributed by atoms with E-state index in [1.54, 1.807) is 4.68 Å². The van der Waals surface area contributed by atoms with Crippen molar-refractivity contribution in [3.63, 3.8) is 0 Å². The summed E-state index contributed by atoms with van der Waals surface area (Å²) in [7, 11) is 3.76. The van der Waals surface area contributed by atoms with Crippen molar-refractivity contribution in [1.29, 1.82) is 0 Å². The number of hydrogen-bond donors (Lipinski definition) is 1. The summed E-state index contributed by atoms with van der Waals surface area (Å²) in [6.45, 7) is 0.668. The molecular formula is C11H13ClN4. The highest BCUT2D eigenvalue weighted by molar-refractivity contribution is 6.30. The molecule has 0 amide bonds. The van der Waals surface area contributed by atoms with E-state index in [-0.39, 0.29) is 0 Å². The second-order valence-corrected chi connectivity index (χ2v) is 3.95. The van der Waals surface area contributed by atoms with E-state index in [4.69, 9.17) is 11.6 Å². The Morgan fingerprint density at radius 2 is 2.00 bits per heavy atom. The summed E-state index contributed by atoms with van der Waals surface area (Å²) in [4.78, 5) is 4.45. The first-order valence-electron chi connectivity index (χ1n) is 5.01. The molecule has 84 valence electrons. The van der Waals surface area contributed by atoms with Crippen LogP contribution in [0.25, 0.3) is 11.4 Å². The molecule has 1 aromatic carbocycles. The lowest BCUT2D eigenvalue weighted by atomic mass is 10.2. The fourth-order valence-corrected chi connectivity index (χ4v) is 1.65. The van der Waals surface area contributed by atoms with Crippen LogP contribution in [0.3, 0.4) is 0 Å². The molecule has 1 N–H and O–H groups in total. The standard InChI is InChI=1S/C11H13ClN4/c1-13-7-10-14-11(16(2)15-10)8-3-5-9(12)6-4-8/h3-6,13H,7H2,1-2H3. The zero-order valence-corrected chi connectivity index (χ0v) is 9.99. The zero-order valence-electron chi connectivity index (χ0n) is 9.24. The number of hydrogen-bond acceptors (Lipinski definition) is 3. The molecule has 0 radical (unpaired) electrons. The van der Waals surface area contributed by atoms with E-state index in [0.29, 0.717) is 6.54 Å². The van der Waals surface area contributed by atoms with E-state index in [1.165, 1.54) is 0 Å². The van der Waals surface area contributed by atoms with Gasteiger partial charge in [0.2, 0.25) is 0 Å². The number of benzene rings is 1. The Balaban J connectivity index is 2.36. The second-order valence-electron chi connectivity index (χ2n) is 3.51. The monoisotopic (exact) mass is 236 g/mol. The number of nitrogens with one attached hydrogen (secondary N) is 1. The van der Waals surface area contributed by atoms with Crippen LogP contribution in [-0.2, 0) is 13.6 Å². The van der Waals surface area contributed by atoms with E-state index < -0.39 is 0 Å². The molecule has 2 rings (SSSR count). The third-order valence-electron chi connectivity index (χ3n) is 2.24. The van der Waals surface area contributed by atoms with Crippen LogP contribution in [0.2, 0.25) is 5.02 Å². The van der Waals surface area contributed by atoms with Crippen molar-refractivity contribution in [3.8, 4) is 11.4 Å². The van der Waals surface area contributed by atoms with Gasteiger partial charge in [-0.3, -0.25) is 0 Å². The van der Waals surface area contributed by atoms with Gasteiger partial charge in [0, 0.05) is 17.6 Å². The molecule has 0 aliphatic heterocycles. The minimum atomic E-state index is 0.668.